The molecule has 37 heavy (non-hydrogen) atoms. The lowest BCUT2D eigenvalue weighted by Gasteiger charge is -2.38. The van der Waals surface area contributed by atoms with Crippen molar-refractivity contribution in [2.24, 2.45) is 5.92 Å². The molecule has 2 aliphatic heterocycles. The number of rotatable bonds is 23. The van der Waals surface area contributed by atoms with Gasteiger partial charge in [-0.1, -0.05) is 102 Å². The summed E-state index contributed by atoms with van der Waals surface area (Å²) in [5.41, 5.74) is 0. The Morgan fingerprint density at radius 2 is 1.51 bits per heavy atom. The van der Waals surface area contributed by atoms with Crippen molar-refractivity contribution in [2.75, 3.05) is 6.61 Å². The predicted molar refractivity (Wildman–Crippen MR) is 155 cm³/mol. The van der Waals surface area contributed by atoms with E-state index in [0.29, 0.717) is 0 Å². The second kappa shape index (κ2) is 21.8. The van der Waals surface area contributed by atoms with E-state index in [2.05, 4.69) is 38.2 Å². The molecule has 0 aromatic carbocycles. The number of hydrogen-bond acceptors (Lipinski definition) is 4. The van der Waals surface area contributed by atoms with E-state index in [1.165, 1.54) is 89.9 Å². The number of esters is 1. The first-order chi connectivity index (χ1) is 18.2. The molecule has 4 atom stereocenters. The molecule has 0 saturated carbocycles. The van der Waals surface area contributed by atoms with Gasteiger partial charge in [-0.15, -0.1) is 0 Å². The summed E-state index contributed by atoms with van der Waals surface area (Å²) in [6.07, 6.45) is 34.2. The molecule has 2 fully saturated rings. The zero-order valence-electron chi connectivity index (χ0n) is 24.3. The van der Waals surface area contributed by atoms with Crippen molar-refractivity contribution in [3.05, 3.63) is 24.3 Å². The van der Waals surface area contributed by atoms with Crippen LogP contribution in [0.2, 0.25) is 0 Å². The van der Waals surface area contributed by atoms with Crippen LogP contribution in [0.15, 0.2) is 24.3 Å². The van der Waals surface area contributed by atoms with Crippen molar-refractivity contribution in [1.29, 1.82) is 0 Å². The third-order valence-electron chi connectivity index (χ3n) is 7.84. The minimum absolute atomic E-state index is 0.00575. The van der Waals surface area contributed by atoms with E-state index >= 15 is 0 Å². The molecule has 4 heteroatoms. The van der Waals surface area contributed by atoms with Crippen molar-refractivity contribution in [1.82, 2.24) is 0 Å². The maximum Gasteiger partial charge on any atom is 0.313 e. The molecule has 0 amide bonds. The quantitative estimate of drug-likeness (QED) is 0.0767. The standard InChI is InChI=1S/C33H58O4/c1-3-5-7-9-10-11-12-13-14-15-16-17-18-19-20-24-29(36-32-26-22-23-27-35-32)28-31-30(33(34)37-31)25-21-8-6-4-2/h10-11,13-14,29-32H,3-9,12,15-28H2,1-2H3/b11-10-,14-13-. The van der Waals surface area contributed by atoms with Crippen molar-refractivity contribution in [3.63, 3.8) is 0 Å². The minimum atomic E-state index is -0.0736. The molecule has 0 aromatic rings. The van der Waals surface area contributed by atoms with Crippen LogP contribution in [0.5, 0.6) is 0 Å². The number of carbonyl (C=O) groups excluding carboxylic acids is 1. The fraction of sp³-hybridized carbons (Fsp3) is 0.848. The van der Waals surface area contributed by atoms with Gasteiger partial charge in [0.05, 0.1) is 12.0 Å². The Morgan fingerprint density at radius 3 is 2.22 bits per heavy atom. The zero-order valence-corrected chi connectivity index (χ0v) is 24.3. The highest BCUT2D eigenvalue weighted by Gasteiger charge is 2.43. The molecule has 4 unspecified atom stereocenters. The number of carbonyl (C=O) groups is 1. The summed E-state index contributed by atoms with van der Waals surface area (Å²) in [4.78, 5) is 12.1. The van der Waals surface area contributed by atoms with Crippen LogP contribution in [-0.2, 0) is 19.0 Å². The molecule has 0 N–H and O–H groups in total. The first kappa shape index (κ1) is 32.1. The first-order valence-corrected chi connectivity index (χ1v) is 16.0. The van der Waals surface area contributed by atoms with E-state index < -0.39 is 0 Å². The van der Waals surface area contributed by atoms with Crippen molar-refractivity contribution in [2.45, 2.75) is 167 Å². The number of cyclic esters (lactones) is 1. The summed E-state index contributed by atoms with van der Waals surface area (Å²) in [6.45, 7) is 5.29. The summed E-state index contributed by atoms with van der Waals surface area (Å²) >= 11 is 0. The van der Waals surface area contributed by atoms with Crippen LogP contribution in [0, 0.1) is 5.92 Å². The lowest BCUT2D eigenvalue weighted by molar-refractivity contribution is -0.211. The Morgan fingerprint density at radius 1 is 0.838 bits per heavy atom. The molecule has 2 heterocycles. The van der Waals surface area contributed by atoms with Gasteiger partial charge in [0.25, 0.3) is 0 Å². The summed E-state index contributed by atoms with van der Waals surface area (Å²) in [5.74, 6) is 0.0889. The molecule has 0 spiro atoms. The smallest absolute Gasteiger partial charge is 0.313 e. The van der Waals surface area contributed by atoms with Crippen LogP contribution in [0.3, 0.4) is 0 Å². The second-order valence-electron chi connectivity index (χ2n) is 11.2. The largest absolute Gasteiger partial charge is 0.461 e. The molecule has 2 aliphatic rings. The van der Waals surface area contributed by atoms with E-state index in [9.17, 15) is 4.79 Å². The maximum absolute atomic E-state index is 12.1. The molecule has 4 nitrogen and oxygen atoms in total. The normalized spacial score (nSPS) is 23.0. The topological polar surface area (TPSA) is 44.8 Å². The zero-order chi connectivity index (χ0) is 26.4. The molecule has 2 saturated heterocycles. The van der Waals surface area contributed by atoms with Crippen LogP contribution in [0.4, 0.5) is 0 Å². The highest BCUT2D eigenvalue weighted by molar-refractivity contribution is 5.78. The average Bonchev–Trinajstić information content (AvgIpc) is 2.91. The Kier molecular flexibility index (Phi) is 18.9. The van der Waals surface area contributed by atoms with Gasteiger partial charge >= 0.3 is 5.97 Å². The van der Waals surface area contributed by atoms with Crippen LogP contribution < -0.4 is 0 Å². The third-order valence-corrected chi connectivity index (χ3v) is 7.84. The molecule has 2 rings (SSSR count). The Hall–Kier alpha value is -1.13. The molecule has 214 valence electrons. The van der Waals surface area contributed by atoms with Gasteiger partial charge < -0.3 is 14.2 Å². The van der Waals surface area contributed by atoms with E-state index in [0.717, 1.165) is 51.6 Å². The third kappa shape index (κ3) is 15.1. The van der Waals surface area contributed by atoms with Gasteiger partial charge in [0.15, 0.2) is 6.29 Å². The fourth-order valence-corrected chi connectivity index (χ4v) is 5.42. The van der Waals surface area contributed by atoms with Gasteiger partial charge in [-0.3, -0.25) is 4.79 Å². The fourth-order valence-electron chi connectivity index (χ4n) is 5.42. The SMILES string of the molecule is CCCCC/C=C\C/C=C\CCCCCCCC(CC1OC(=O)C1CCCCCC)OC1CCCCO1. The molecular formula is C33H58O4. The molecule has 0 aromatic heterocycles. The summed E-state index contributed by atoms with van der Waals surface area (Å²) in [6, 6.07) is 0. The predicted octanol–water partition coefficient (Wildman–Crippen LogP) is 9.61. The van der Waals surface area contributed by atoms with Crippen LogP contribution in [0.25, 0.3) is 0 Å². The molecule has 0 bridgehead atoms. The Balaban J connectivity index is 1.59. The van der Waals surface area contributed by atoms with Gasteiger partial charge in [0.2, 0.25) is 0 Å². The number of allylic oxidation sites excluding steroid dienone is 4. The van der Waals surface area contributed by atoms with E-state index in [4.69, 9.17) is 14.2 Å². The average molecular weight is 519 g/mol. The number of unbranched alkanes of at least 4 members (excludes halogenated alkanes) is 11. The molecule has 0 radical (unpaired) electrons. The maximum atomic E-state index is 12.1. The first-order valence-electron chi connectivity index (χ1n) is 16.0. The van der Waals surface area contributed by atoms with Gasteiger partial charge in [-0.2, -0.15) is 0 Å². The second-order valence-corrected chi connectivity index (χ2v) is 11.2. The lowest BCUT2D eigenvalue weighted by atomic mass is 9.86. The van der Waals surface area contributed by atoms with Gasteiger partial charge in [0, 0.05) is 13.0 Å². The summed E-state index contributed by atoms with van der Waals surface area (Å²) in [5, 5.41) is 0. The lowest BCUT2D eigenvalue weighted by Crippen LogP contribution is -2.47. The van der Waals surface area contributed by atoms with E-state index in [1.54, 1.807) is 0 Å². The van der Waals surface area contributed by atoms with Crippen LogP contribution in [0.1, 0.15) is 149 Å². The van der Waals surface area contributed by atoms with Crippen molar-refractivity contribution < 1.29 is 19.0 Å². The van der Waals surface area contributed by atoms with Gasteiger partial charge in [-0.25, -0.2) is 0 Å². The number of hydrogen-bond donors (Lipinski definition) is 0. The van der Waals surface area contributed by atoms with Gasteiger partial charge in [-0.05, 0) is 64.2 Å². The van der Waals surface area contributed by atoms with E-state index in [1.807, 2.05) is 0 Å². The number of ether oxygens (including phenoxy) is 3. The Labute approximate surface area is 229 Å². The van der Waals surface area contributed by atoms with Crippen molar-refractivity contribution >= 4 is 5.97 Å². The van der Waals surface area contributed by atoms with Gasteiger partial charge in [0.1, 0.15) is 6.10 Å². The van der Waals surface area contributed by atoms with Crippen LogP contribution in [-0.4, -0.2) is 31.1 Å². The molecule has 0 aliphatic carbocycles. The van der Waals surface area contributed by atoms with Crippen LogP contribution >= 0.6 is 0 Å². The highest BCUT2D eigenvalue weighted by Crippen LogP contribution is 2.33. The molecular weight excluding hydrogens is 460 g/mol. The summed E-state index contributed by atoms with van der Waals surface area (Å²) in [7, 11) is 0. The van der Waals surface area contributed by atoms with Crippen molar-refractivity contribution in [3.8, 4) is 0 Å². The monoisotopic (exact) mass is 518 g/mol. The Bertz CT molecular complexity index is 607. The highest BCUT2D eigenvalue weighted by atomic mass is 16.7. The minimum Gasteiger partial charge on any atom is -0.461 e. The van der Waals surface area contributed by atoms with E-state index in [-0.39, 0.29) is 30.4 Å². The summed E-state index contributed by atoms with van der Waals surface area (Å²) < 4.78 is 17.9.